The molecule has 1 fully saturated rings. The highest BCUT2D eigenvalue weighted by atomic mass is 16.3. The van der Waals surface area contributed by atoms with Gasteiger partial charge in [0.15, 0.2) is 0 Å². The van der Waals surface area contributed by atoms with E-state index in [4.69, 9.17) is 4.42 Å². The number of furan rings is 1. The second-order valence-electron chi connectivity index (χ2n) is 9.64. The minimum Gasteiger partial charge on any atom is -0.463 e. The maximum atomic E-state index is 12.8. The van der Waals surface area contributed by atoms with Crippen molar-refractivity contribution >= 4 is 22.5 Å². The fraction of sp³-hybridized carbons (Fsp3) is 0.481. The third kappa shape index (κ3) is 5.70. The van der Waals surface area contributed by atoms with Crippen LogP contribution in [0.1, 0.15) is 58.0 Å². The Morgan fingerprint density at radius 1 is 1.12 bits per heavy atom. The van der Waals surface area contributed by atoms with Crippen LogP contribution in [0.25, 0.3) is 10.8 Å². The fourth-order valence-electron chi connectivity index (χ4n) is 4.84. The van der Waals surface area contributed by atoms with Gasteiger partial charge in [-0.1, -0.05) is 45.4 Å². The Bertz CT molecular complexity index is 1180. The predicted octanol–water partition coefficient (Wildman–Crippen LogP) is 5.34. The molecule has 1 unspecified atom stereocenters. The highest BCUT2D eigenvalue weighted by molar-refractivity contribution is 6.00. The highest BCUT2D eigenvalue weighted by Gasteiger charge is 2.22. The van der Waals surface area contributed by atoms with Crippen LogP contribution >= 0.6 is 0 Å². The standard InChI is InChI=1S/C27H36N4O3/c1-4-20-9-7-8-14-30(20)17-22-13-12-21(34-22)15-28-27(33)29-25-18-31(16-19(2)3)26(32)24-11-6-5-10-23(24)25/h5-6,10-13,18-20H,4,7-9,14-17H2,1-3H3,(H2,28,29,33). The second-order valence-corrected chi connectivity index (χ2v) is 9.64. The molecule has 3 aromatic rings. The van der Waals surface area contributed by atoms with Gasteiger partial charge in [-0.2, -0.15) is 0 Å². The molecule has 1 saturated heterocycles. The molecular weight excluding hydrogens is 428 g/mol. The average molecular weight is 465 g/mol. The molecule has 1 aromatic carbocycles. The Morgan fingerprint density at radius 2 is 1.88 bits per heavy atom. The van der Waals surface area contributed by atoms with E-state index in [9.17, 15) is 9.59 Å². The van der Waals surface area contributed by atoms with E-state index in [1.165, 1.54) is 19.3 Å². The summed E-state index contributed by atoms with van der Waals surface area (Å²) < 4.78 is 7.67. The molecule has 2 aromatic heterocycles. The molecular formula is C27H36N4O3. The summed E-state index contributed by atoms with van der Waals surface area (Å²) in [6.07, 6.45) is 6.70. The molecule has 7 nitrogen and oxygen atoms in total. The lowest BCUT2D eigenvalue weighted by molar-refractivity contribution is 0.126. The van der Waals surface area contributed by atoms with Gasteiger partial charge in [0.25, 0.3) is 5.56 Å². The molecule has 3 heterocycles. The molecule has 0 saturated carbocycles. The van der Waals surface area contributed by atoms with Crippen molar-refractivity contribution in [1.82, 2.24) is 14.8 Å². The minimum absolute atomic E-state index is 0.0441. The molecule has 0 aliphatic carbocycles. The van der Waals surface area contributed by atoms with E-state index >= 15 is 0 Å². The zero-order valence-electron chi connectivity index (χ0n) is 20.5. The predicted molar refractivity (Wildman–Crippen MR) is 136 cm³/mol. The summed E-state index contributed by atoms with van der Waals surface area (Å²) >= 11 is 0. The molecule has 0 radical (unpaired) electrons. The van der Waals surface area contributed by atoms with E-state index in [0.29, 0.717) is 36.1 Å². The maximum absolute atomic E-state index is 12.8. The summed E-state index contributed by atoms with van der Waals surface area (Å²) in [4.78, 5) is 28.0. The number of benzene rings is 1. The van der Waals surface area contributed by atoms with Crippen molar-refractivity contribution in [3.8, 4) is 0 Å². The van der Waals surface area contributed by atoms with Gasteiger partial charge in [-0.3, -0.25) is 9.69 Å². The number of pyridine rings is 1. The van der Waals surface area contributed by atoms with Crippen molar-refractivity contribution in [3.63, 3.8) is 0 Å². The number of likely N-dealkylation sites (tertiary alicyclic amines) is 1. The van der Waals surface area contributed by atoms with Gasteiger partial charge in [-0.05, 0) is 49.9 Å². The number of carbonyl (C=O) groups is 1. The van der Waals surface area contributed by atoms with E-state index in [1.54, 1.807) is 16.8 Å². The summed E-state index contributed by atoms with van der Waals surface area (Å²) in [5.41, 5.74) is 0.571. The molecule has 34 heavy (non-hydrogen) atoms. The van der Waals surface area contributed by atoms with Crippen molar-refractivity contribution < 1.29 is 9.21 Å². The molecule has 4 rings (SSSR count). The number of piperidine rings is 1. The van der Waals surface area contributed by atoms with Gasteiger partial charge in [-0.15, -0.1) is 0 Å². The number of rotatable bonds is 8. The van der Waals surface area contributed by atoms with Gasteiger partial charge in [0.05, 0.1) is 18.8 Å². The highest BCUT2D eigenvalue weighted by Crippen LogP contribution is 2.23. The molecule has 0 bridgehead atoms. The molecule has 1 aliphatic rings. The van der Waals surface area contributed by atoms with Crippen LogP contribution in [0.15, 0.2) is 51.8 Å². The van der Waals surface area contributed by atoms with Gasteiger partial charge in [0, 0.05) is 29.6 Å². The fourth-order valence-corrected chi connectivity index (χ4v) is 4.84. The lowest BCUT2D eigenvalue weighted by Crippen LogP contribution is -2.38. The average Bonchev–Trinajstić information content (AvgIpc) is 3.28. The van der Waals surface area contributed by atoms with Crippen molar-refractivity contribution in [1.29, 1.82) is 0 Å². The first-order valence-electron chi connectivity index (χ1n) is 12.4. The number of amides is 2. The Hall–Kier alpha value is -3.06. The van der Waals surface area contributed by atoms with Gasteiger partial charge >= 0.3 is 6.03 Å². The van der Waals surface area contributed by atoms with Crippen molar-refractivity contribution in [2.75, 3.05) is 11.9 Å². The van der Waals surface area contributed by atoms with Crippen LogP contribution in [0.5, 0.6) is 0 Å². The monoisotopic (exact) mass is 464 g/mol. The SMILES string of the molecule is CCC1CCCCN1Cc1ccc(CNC(=O)Nc2cn(CC(C)C)c(=O)c3ccccc23)o1. The number of urea groups is 1. The number of fused-ring (bicyclic) bond motifs is 1. The van der Waals surface area contributed by atoms with Crippen LogP contribution in [0, 0.1) is 5.92 Å². The number of aromatic nitrogens is 1. The van der Waals surface area contributed by atoms with Gasteiger partial charge in [0.2, 0.25) is 0 Å². The summed E-state index contributed by atoms with van der Waals surface area (Å²) in [5, 5.41) is 7.13. The van der Waals surface area contributed by atoms with Crippen LogP contribution in [0.2, 0.25) is 0 Å². The maximum Gasteiger partial charge on any atom is 0.319 e. The lowest BCUT2D eigenvalue weighted by atomic mass is 10.00. The van der Waals surface area contributed by atoms with E-state index < -0.39 is 0 Å². The van der Waals surface area contributed by atoms with Gasteiger partial charge in [0.1, 0.15) is 11.5 Å². The number of nitrogens with zero attached hydrogens (tertiary/aromatic N) is 2. The number of hydrogen-bond donors (Lipinski definition) is 2. The smallest absolute Gasteiger partial charge is 0.319 e. The quantitative estimate of drug-likeness (QED) is 0.472. The number of nitrogens with one attached hydrogen (secondary N) is 2. The Morgan fingerprint density at radius 3 is 2.65 bits per heavy atom. The van der Waals surface area contributed by atoms with Crippen LogP contribution in [0.4, 0.5) is 10.5 Å². The largest absolute Gasteiger partial charge is 0.463 e. The zero-order chi connectivity index (χ0) is 24.1. The van der Waals surface area contributed by atoms with E-state index in [1.807, 2.05) is 30.3 Å². The Balaban J connectivity index is 1.40. The van der Waals surface area contributed by atoms with Gasteiger partial charge < -0.3 is 19.6 Å². The van der Waals surface area contributed by atoms with Crippen LogP contribution < -0.4 is 16.2 Å². The van der Waals surface area contributed by atoms with E-state index in [0.717, 1.165) is 36.4 Å². The Labute approximate surface area is 201 Å². The minimum atomic E-state index is -0.333. The first kappa shape index (κ1) is 24.1. The third-order valence-electron chi connectivity index (χ3n) is 6.52. The first-order chi connectivity index (χ1) is 16.4. The molecule has 1 atom stereocenters. The normalized spacial score (nSPS) is 16.8. The van der Waals surface area contributed by atoms with Crippen molar-refractivity contribution in [2.24, 2.45) is 5.92 Å². The number of carbonyl (C=O) groups excluding carboxylic acids is 1. The van der Waals surface area contributed by atoms with Gasteiger partial charge in [-0.25, -0.2) is 4.79 Å². The molecule has 1 aliphatic heterocycles. The van der Waals surface area contributed by atoms with Crippen LogP contribution in [-0.4, -0.2) is 28.1 Å². The lowest BCUT2D eigenvalue weighted by Gasteiger charge is -2.34. The number of anilines is 1. The summed E-state index contributed by atoms with van der Waals surface area (Å²) in [7, 11) is 0. The van der Waals surface area contributed by atoms with Crippen molar-refractivity contribution in [2.45, 2.75) is 72.1 Å². The van der Waals surface area contributed by atoms with Crippen LogP contribution in [0.3, 0.4) is 0 Å². The van der Waals surface area contributed by atoms with Crippen LogP contribution in [-0.2, 0) is 19.6 Å². The first-order valence-corrected chi connectivity index (χ1v) is 12.4. The topological polar surface area (TPSA) is 79.5 Å². The van der Waals surface area contributed by atoms with E-state index in [-0.39, 0.29) is 11.6 Å². The molecule has 2 amide bonds. The molecule has 7 heteroatoms. The molecule has 0 spiro atoms. The van der Waals surface area contributed by atoms with E-state index in [2.05, 4.69) is 36.3 Å². The second kappa shape index (κ2) is 10.9. The summed E-state index contributed by atoms with van der Waals surface area (Å²) in [6.45, 7) is 9.19. The number of hydrogen-bond acceptors (Lipinski definition) is 4. The van der Waals surface area contributed by atoms with Crippen molar-refractivity contribution in [3.05, 3.63) is 64.5 Å². The Kier molecular flexibility index (Phi) is 7.73. The summed E-state index contributed by atoms with van der Waals surface area (Å²) in [5.74, 6) is 1.97. The molecule has 182 valence electrons. The third-order valence-corrected chi connectivity index (χ3v) is 6.52. The zero-order valence-corrected chi connectivity index (χ0v) is 20.5. The molecule has 2 N–H and O–H groups in total. The summed E-state index contributed by atoms with van der Waals surface area (Å²) in [6, 6.07) is 11.6.